The number of aromatic nitrogens is 6. The second-order valence-electron chi connectivity index (χ2n) is 6.91. The first-order chi connectivity index (χ1) is 15.8. The molecule has 8 nitrogen and oxygen atoms in total. The second-order valence-corrected chi connectivity index (χ2v) is 6.91. The van der Waals surface area contributed by atoms with E-state index in [0.717, 1.165) is 11.1 Å². The SMILES string of the molecule is N#Cc1ccccc1-c1nc(-c2cccc(-c3n[nH]c(-c4ccccc4C#N)n3)c2)n[nH]1. The fourth-order valence-corrected chi connectivity index (χ4v) is 3.39. The largest absolute Gasteiger partial charge is 0.259 e. The molecule has 2 N–H and O–H groups in total. The number of H-pyrrole nitrogens is 2. The van der Waals surface area contributed by atoms with Crippen LogP contribution in [0.3, 0.4) is 0 Å². The van der Waals surface area contributed by atoms with Gasteiger partial charge in [-0.05, 0) is 30.3 Å². The van der Waals surface area contributed by atoms with E-state index in [-0.39, 0.29) is 0 Å². The molecule has 0 aliphatic heterocycles. The van der Waals surface area contributed by atoms with Crippen LogP contribution in [-0.4, -0.2) is 30.4 Å². The number of nitriles is 2. The molecule has 0 atom stereocenters. The maximum Gasteiger partial charge on any atom is 0.181 e. The van der Waals surface area contributed by atoms with Gasteiger partial charge in [0.05, 0.1) is 23.3 Å². The third kappa shape index (κ3) is 3.38. The highest BCUT2D eigenvalue weighted by Gasteiger charge is 2.14. The van der Waals surface area contributed by atoms with Crippen molar-refractivity contribution in [2.75, 3.05) is 0 Å². The van der Waals surface area contributed by atoms with Crippen LogP contribution in [-0.2, 0) is 0 Å². The summed E-state index contributed by atoms with van der Waals surface area (Å²) in [6.07, 6.45) is 0. The summed E-state index contributed by atoms with van der Waals surface area (Å²) in [7, 11) is 0. The van der Waals surface area contributed by atoms with Gasteiger partial charge in [0.15, 0.2) is 23.3 Å². The van der Waals surface area contributed by atoms with Gasteiger partial charge >= 0.3 is 0 Å². The lowest BCUT2D eigenvalue weighted by Crippen LogP contribution is -1.87. The minimum Gasteiger partial charge on any atom is -0.259 e. The van der Waals surface area contributed by atoms with Crippen LogP contribution in [0.4, 0.5) is 0 Å². The van der Waals surface area contributed by atoms with E-state index >= 15 is 0 Å². The standard InChI is InChI=1S/C24H14N8/c25-13-17-6-1-3-10-19(17)23-27-21(29-31-23)15-8-5-9-16(12-15)22-28-24(32-30-22)20-11-4-2-7-18(20)14-26/h1-12H,(H,27,29,31)(H,28,30,32). The number of nitrogens with one attached hydrogen (secondary N) is 2. The fraction of sp³-hybridized carbons (Fsp3) is 0. The van der Waals surface area contributed by atoms with Crippen LogP contribution < -0.4 is 0 Å². The number of rotatable bonds is 4. The highest BCUT2D eigenvalue weighted by Crippen LogP contribution is 2.27. The fourth-order valence-electron chi connectivity index (χ4n) is 3.39. The van der Waals surface area contributed by atoms with Gasteiger partial charge in [0.2, 0.25) is 0 Å². The van der Waals surface area contributed by atoms with Crippen LogP contribution in [0.2, 0.25) is 0 Å². The van der Waals surface area contributed by atoms with E-state index in [2.05, 4.69) is 42.5 Å². The normalized spacial score (nSPS) is 10.4. The van der Waals surface area contributed by atoms with Crippen LogP contribution in [0.25, 0.3) is 45.6 Å². The van der Waals surface area contributed by atoms with Crippen molar-refractivity contribution in [1.82, 2.24) is 30.4 Å². The molecule has 5 rings (SSSR count). The minimum atomic E-state index is 0.500. The molecule has 2 heterocycles. The van der Waals surface area contributed by atoms with Gasteiger partial charge < -0.3 is 0 Å². The molecule has 0 amide bonds. The van der Waals surface area contributed by atoms with Crippen molar-refractivity contribution in [1.29, 1.82) is 10.5 Å². The zero-order valence-corrected chi connectivity index (χ0v) is 16.6. The van der Waals surface area contributed by atoms with Gasteiger partial charge in [-0.15, -0.1) is 0 Å². The average Bonchev–Trinajstić information content (AvgIpc) is 3.54. The summed E-state index contributed by atoms with van der Waals surface area (Å²) in [6.45, 7) is 0. The van der Waals surface area contributed by atoms with Crippen LogP contribution in [0.1, 0.15) is 11.1 Å². The van der Waals surface area contributed by atoms with Gasteiger partial charge in [0.25, 0.3) is 0 Å². The zero-order chi connectivity index (χ0) is 21.9. The monoisotopic (exact) mass is 414 g/mol. The lowest BCUT2D eigenvalue weighted by atomic mass is 10.1. The predicted octanol–water partition coefficient (Wildman–Crippen LogP) is 4.33. The molecule has 32 heavy (non-hydrogen) atoms. The topological polar surface area (TPSA) is 131 Å². The first-order valence-electron chi connectivity index (χ1n) is 9.71. The van der Waals surface area contributed by atoms with Crippen molar-refractivity contribution < 1.29 is 0 Å². The zero-order valence-electron chi connectivity index (χ0n) is 16.6. The van der Waals surface area contributed by atoms with Gasteiger partial charge in [0.1, 0.15) is 0 Å². The highest BCUT2D eigenvalue weighted by atomic mass is 15.2. The van der Waals surface area contributed by atoms with Gasteiger partial charge in [-0.2, -0.15) is 20.7 Å². The summed E-state index contributed by atoms with van der Waals surface area (Å²) < 4.78 is 0. The second kappa shape index (κ2) is 7.98. The quantitative estimate of drug-likeness (QED) is 0.450. The Morgan fingerprint density at radius 2 is 1.06 bits per heavy atom. The lowest BCUT2D eigenvalue weighted by molar-refractivity contribution is 1.09. The number of hydrogen-bond donors (Lipinski definition) is 2. The Bertz CT molecular complexity index is 1400. The first kappa shape index (κ1) is 18.9. The number of benzene rings is 3. The molecular weight excluding hydrogens is 400 g/mol. The smallest absolute Gasteiger partial charge is 0.181 e. The molecule has 3 aromatic carbocycles. The van der Waals surface area contributed by atoms with Gasteiger partial charge in [-0.3, -0.25) is 10.2 Å². The van der Waals surface area contributed by atoms with Crippen molar-refractivity contribution in [3.05, 3.63) is 83.9 Å². The van der Waals surface area contributed by atoms with E-state index in [1.54, 1.807) is 12.1 Å². The summed E-state index contributed by atoms with van der Waals surface area (Å²) in [5, 5.41) is 33.1. The van der Waals surface area contributed by atoms with Crippen molar-refractivity contribution >= 4 is 0 Å². The molecule has 0 saturated carbocycles. The van der Waals surface area contributed by atoms with Crippen molar-refractivity contribution in [2.24, 2.45) is 0 Å². The van der Waals surface area contributed by atoms with Crippen molar-refractivity contribution in [3.8, 4) is 57.7 Å². The minimum absolute atomic E-state index is 0.500. The van der Waals surface area contributed by atoms with Crippen LogP contribution in [0.15, 0.2) is 72.8 Å². The molecule has 0 radical (unpaired) electrons. The molecule has 0 aliphatic rings. The molecule has 5 aromatic rings. The highest BCUT2D eigenvalue weighted by molar-refractivity contribution is 5.71. The number of hydrogen-bond acceptors (Lipinski definition) is 6. The molecule has 2 aromatic heterocycles. The molecule has 0 fully saturated rings. The lowest BCUT2D eigenvalue weighted by Gasteiger charge is -2.00. The Labute approximate surface area is 182 Å². The molecule has 0 bridgehead atoms. The molecule has 150 valence electrons. The van der Waals surface area contributed by atoms with Gasteiger partial charge in [0, 0.05) is 22.3 Å². The Hall–Kier alpha value is -5.08. The number of aromatic amines is 2. The number of nitrogens with zero attached hydrogens (tertiary/aromatic N) is 6. The maximum atomic E-state index is 9.34. The summed E-state index contributed by atoms with van der Waals surface area (Å²) in [6, 6.07) is 26.4. The van der Waals surface area contributed by atoms with Crippen molar-refractivity contribution in [2.45, 2.75) is 0 Å². The summed E-state index contributed by atoms with van der Waals surface area (Å²) >= 11 is 0. The summed E-state index contributed by atoms with van der Waals surface area (Å²) in [5.41, 5.74) is 4.00. The predicted molar refractivity (Wildman–Crippen MR) is 117 cm³/mol. The first-order valence-corrected chi connectivity index (χ1v) is 9.71. The molecule has 0 aliphatic carbocycles. The summed E-state index contributed by atoms with van der Waals surface area (Å²) in [5.74, 6) is 2.05. The van der Waals surface area contributed by atoms with Crippen LogP contribution in [0, 0.1) is 22.7 Å². The van der Waals surface area contributed by atoms with Crippen LogP contribution >= 0.6 is 0 Å². The van der Waals surface area contributed by atoms with E-state index in [0.29, 0.717) is 45.6 Å². The average molecular weight is 414 g/mol. The molecular formula is C24H14N8. The third-order valence-corrected chi connectivity index (χ3v) is 4.96. The molecule has 0 spiro atoms. The summed E-state index contributed by atoms with van der Waals surface area (Å²) in [4.78, 5) is 9.13. The Balaban J connectivity index is 1.48. The third-order valence-electron chi connectivity index (χ3n) is 4.96. The molecule has 0 unspecified atom stereocenters. The van der Waals surface area contributed by atoms with Gasteiger partial charge in [-0.1, -0.05) is 42.5 Å². The van der Waals surface area contributed by atoms with Crippen molar-refractivity contribution in [3.63, 3.8) is 0 Å². The van der Waals surface area contributed by atoms with E-state index < -0.39 is 0 Å². The van der Waals surface area contributed by atoms with E-state index in [1.807, 2.05) is 60.7 Å². The van der Waals surface area contributed by atoms with Crippen LogP contribution in [0.5, 0.6) is 0 Å². The maximum absolute atomic E-state index is 9.34. The Morgan fingerprint density at radius 1 is 0.594 bits per heavy atom. The van der Waals surface area contributed by atoms with E-state index in [1.165, 1.54) is 0 Å². The van der Waals surface area contributed by atoms with E-state index in [9.17, 15) is 10.5 Å². The van der Waals surface area contributed by atoms with E-state index in [4.69, 9.17) is 0 Å². The Kier molecular flexibility index (Phi) is 4.72. The van der Waals surface area contributed by atoms with Gasteiger partial charge in [-0.25, -0.2) is 9.97 Å². The molecule has 0 saturated heterocycles. The molecule has 8 heteroatoms. The Morgan fingerprint density at radius 3 is 1.53 bits per heavy atom.